The van der Waals surface area contributed by atoms with Gasteiger partial charge in [0.05, 0.1) is 17.6 Å². The average molecular weight is 254 g/mol. The number of benzene rings is 2. The molecule has 4 nitrogen and oxygen atoms in total. The van der Waals surface area contributed by atoms with Crippen LogP contribution in [0.5, 0.6) is 0 Å². The van der Waals surface area contributed by atoms with E-state index in [0.717, 1.165) is 11.3 Å². The van der Waals surface area contributed by atoms with Gasteiger partial charge in [0.25, 0.3) is 0 Å². The van der Waals surface area contributed by atoms with Crippen LogP contribution in [0.4, 0.5) is 11.4 Å². The van der Waals surface area contributed by atoms with Crippen molar-refractivity contribution in [2.24, 2.45) is 4.99 Å². The van der Waals surface area contributed by atoms with E-state index in [2.05, 4.69) is 10.3 Å². The van der Waals surface area contributed by atoms with Gasteiger partial charge < -0.3 is 10.4 Å². The highest BCUT2D eigenvalue weighted by Crippen LogP contribution is 2.14. The van der Waals surface area contributed by atoms with Crippen molar-refractivity contribution in [1.82, 2.24) is 0 Å². The lowest BCUT2D eigenvalue weighted by atomic mass is 10.2. The summed E-state index contributed by atoms with van der Waals surface area (Å²) in [5.41, 5.74) is 3.08. The Balaban J connectivity index is 2.03. The first-order chi connectivity index (χ1) is 9.16. The minimum absolute atomic E-state index is 0.255. The number of carboxylic acid groups (broad SMARTS) is 1. The summed E-state index contributed by atoms with van der Waals surface area (Å²) in [5.74, 6) is -0.937. The summed E-state index contributed by atoms with van der Waals surface area (Å²) in [4.78, 5) is 14.9. The van der Waals surface area contributed by atoms with Gasteiger partial charge in [0, 0.05) is 5.69 Å². The highest BCUT2D eigenvalue weighted by atomic mass is 16.4. The molecule has 19 heavy (non-hydrogen) atoms. The lowest BCUT2D eigenvalue weighted by molar-refractivity contribution is 0.0697. The minimum atomic E-state index is -0.937. The van der Waals surface area contributed by atoms with Crippen molar-refractivity contribution < 1.29 is 9.90 Å². The van der Waals surface area contributed by atoms with Gasteiger partial charge in [-0.05, 0) is 42.8 Å². The van der Waals surface area contributed by atoms with E-state index in [9.17, 15) is 4.79 Å². The first-order valence-electron chi connectivity index (χ1n) is 5.85. The second kappa shape index (κ2) is 5.82. The molecule has 0 unspecified atom stereocenters. The van der Waals surface area contributed by atoms with Gasteiger partial charge in [0.15, 0.2) is 0 Å². The standard InChI is InChI=1S/C15H14N2O2/c1-11-4-2-3-5-14(11)17-10-16-13-8-6-12(7-9-13)15(18)19/h2-10H,1H3,(H,16,17)(H,18,19). The molecule has 0 saturated heterocycles. The summed E-state index contributed by atoms with van der Waals surface area (Å²) in [6.07, 6.45) is 1.60. The van der Waals surface area contributed by atoms with Crippen molar-refractivity contribution in [3.63, 3.8) is 0 Å². The van der Waals surface area contributed by atoms with E-state index < -0.39 is 5.97 Å². The van der Waals surface area contributed by atoms with Gasteiger partial charge in [-0.2, -0.15) is 0 Å². The second-order valence-corrected chi connectivity index (χ2v) is 4.07. The molecule has 0 heterocycles. The Morgan fingerprint density at radius 2 is 1.84 bits per heavy atom. The van der Waals surface area contributed by atoms with E-state index >= 15 is 0 Å². The first kappa shape index (κ1) is 12.8. The quantitative estimate of drug-likeness (QED) is 0.648. The van der Waals surface area contributed by atoms with Gasteiger partial charge >= 0.3 is 5.97 Å². The molecule has 2 aromatic carbocycles. The topological polar surface area (TPSA) is 61.7 Å². The molecule has 0 aromatic heterocycles. The van der Waals surface area contributed by atoms with Crippen LogP contribution in [-0.4, -0.2) is 17.4 Å². The third-order valence-corrected chi connectivity index (χ3v) is 2.69. The van der Waals surface area contributed by atoms with Crippen LogP contribution in [0, 0.1) is 6.92 Å². The smallest absolute Gasteiger partial charge is 0.335 e. The molecule has 0 aliphatic carbocycles. The van der Waals surface area contributed by atoms with Gasteiger partial charge in [-0.15, -0.1) is 0 Å². The summed E-state index contributed by atoms with van der Waals surface area (Å²) in [6.45, 7) is 2.01. The van der Waals surface area contributed by atoms with Crippen LogP contribution in [0.3, 0.4) is 0 Å². The summed E-state index contributed by atoms with van der Waals surface area (Å²) in [6, 6.07) is 14.3. The number of carbonyl (C=O) groups is 1. The molecule has 0 bridgehead atoms. The molecule has 4 heteroatoms. The van der Waals surface area contributed by atoms with Gasteiger partial charge in [-0.1, -0.05) is 18.2 Å². The molecule has 0 aliphatic heterocycles. The maximum Gasteiger partial charge on any atom is 0.335 e. The van der Waals surface area contributed by atoms with E-state index in [1.807, 2.05) is 31.2 Å². The van der Waals surface area contributed by atoms with Crippen molar-refractivity contribution in [2.75, 3.05) is 5.32 Å². The zero-order valence-corrected chi connectivity index (χ0v) is 10.5. The molecule has 96 valence electrons. The van der Waals surface area contributed by atoms with Crippen molar-refractivity contribution >= 4 is 23.7 Å². The van der Waals surface area contributed by atoms with Gasteiger partial charge in [-0.25, -0.2) is 9.79 Å². The van der Waals surface area contributed by atoms with Gasteiger partial charge in [0.2, 0.25) is 0 Å². The lowest BCUT2D eigenvalue weighted by Gasteiger charge is -2.03. The Morgan fingerprint density at radius 1 is 1.16 bits per heavy atom. The van der Waals surface area contributed by atoms with Crippen LogP contribution >= 0.6 is 0 Å². The van der Waals surface area contributed by atoms with Crippen molar-refractivity contribution in [1.29, 1.82) is 0 Å². The molecule has 0 saturated carbocycles. The predicted molar refractivity (Wildman–Crippen MR) is 76.4 cm³/mol. The number of rotatable bonds is 4. The molecule has 0 atom stereocenters. The Bertz CT molecular complexity index is 604. The summed E-state index contributed by atoms with van der Waals surface area (Å²) in [7, 11) is 0. The molecule has 0 spiro atoms. The van der Waals surface area contributed by atoms with Crippen LogP contribution in [0.1, 0.15) is 15.9 Å². The normalized spacial score (nSPS) is 10.6. The molecule has 2 aromatic rings. The number of nitrogens with one attached hydrogen (secondary N) is 1. The average Bonchev–Trinajstić information content (AvgIpc) is 2.41. The fourth-order valence-corrected chi connectivity index (χ4v) is 1.60. The van der Waals surface area contributed by atoms with Crippen LogP contribution < -0.4 is 5.32 Å². The molecule has 0 fully saturated rings. The number of aryl methyl sites for hydroxylation is 1. The van der Waals surface area contributed by atoms with Gasteiger partial charge in [-0.3, -0.25) is 0 Å². The Hall–Kier alpha value is -2.62. The fraction of sp³-hybridized carbons (Fsp3) is 0.0667. The van der Waals surface area contributed by atoms with Crippen molar-refractivity contribution in [3.8, 4) is 0 Å². The largest absolute Gasteiger partial charge is 0.478 e. The lowest BCUT2D eigenvalue weighted by Crippen LogP contribution is -1.96. The van der Waals surface area contributed by atoms with Crippen molar-refractivity contribution in [2.45, 2.75) is 6.92 Å². The van der Waals surface area contributed by atoms with E-state index in [-0.39, 0.29) is 5.56 Å². The highest BCUT2D eigenvalue weighted by Gasteiger charge is 2.00. The highest BCUT2D eigenvalue weighted by molar-refractivity contribution is 5.88. The van der Waals surface area contributed by atoms with Crippen LogP contribution in [0.15, 0.2) is 53.5 Å². The SMILES string of the molecule is Cc1ccccc1NC=Nc1ccc(C(=O)O)cc1. The van der Waals surface area contributed by atoms with Crippen LogP contribution in [0.2, 0.25) is 0 Å². The molecule has 2 rings (SSSR count). The number of para-hydroxylation sites is 1. The first-order valence-corrected chi connectivity index (χ1v) is 5.85. The van der Waals surface area contributed by atoms with E-state index in [0.29, 0.717) is 5.69 Å². The number of aliphatic imine (C=N–C) groups is 1. The minimum Gasteiger partial charge on any atom is -0.478 e. The van der Waals surface area contributed by atoms with Crippen LogP contribution in [-0.2, 0) is 0 Å². The Kier molecular flexibility index (Phi) is 3.93. The zero-order chi connectivity index (χ0) is 13.7. The maximum atomic E-state index is 10.7. The predicted octanol–water partition coefficient (Wildman–Crippen LogP) is 3.47. The molecule has 0 aliphatic rings. The van der Waals surface area contributed by atoms with E-state index in [1.54, 1.807) is 18.5 Å². The zero-order valence-electron chi connectivity index (χ0n) is 10.5. The molecular formula is C15H14N2O2. The number of nitrogens with zero attached hydrogens (tertiary/aromatic N) is 1. The number of hydrogen-bond donors (Lipinski definition) is 2. The number of anilines is 1. The molecule has 0 amide bonds. The number of hydrogen-bond acceptors (Lipinski definition) is 2. The van der Waals surface area contributed by atoms with Crippen molar-refractivity contribution in [3.05, 3.63) is 59.7 Å². The second-order valence-electron chi connectivity index (χ2n) is 4.07. The number of aromatic carboxylic acids is 1. The summed E-state index contributed by atoms with van der Waals surface area (Å²) < 4.78 is 0. The van der Waals surface area contributed by atoms with E-state index in [4.69, 9.17) is 5.11 Å². The molecule has 2 N–H and O–H groups in total. The maximum absolute atomic E-state index is 10.7. The summed E-state index contributed by atoms with van der Waals surface area (Å²) >= 11 is 0. The third-order valence-electron chi connectivity index (χ3n) is 2.69. The molecular weight excluding hydrogens is 240 g/mol. The molecule has 0 radical (unpaired) electrons. The van der Waals surface area contributed by atoms with Crippen LogP contribution in [0.25, 0.3) is 0 Å². The van der Waals surface area contributed by atoms with E-state index in [1.165, 1.54) is 12.1 Å². The monoisotopic (exact) mass is 254 g/mol. The Morgan fingerprint density at radius 3 is 2.47 bits per heavy atom. The summed E-state index contributed by atoms with van der Waals surface area (Å²) in [5, 5.41) is 11.9. The third kappa shape index (κ3) is 3.42. The Labute approximate surface area is 111 Å². The van der Waals surface area contributed by atoms with Gasteiger partial charge in [0.1, 0.15) is 0 Å². The number of carboxylic acids is 1. The fourth-order valence-electron chi connectivity index (χ4n) is 1.60.